The predicted molar refractivity (Wildman–Crippen MR) is 75.3 cm³/mol. The number of rotatable bonds is 2. The molecule has 3 atom stereocenters. The number of carbonyl (C=O) groups is 2. The van der Waals surface area contributed by atoms with E-state index in [-0.39, 0.29) is 11.8 Å². The summed E-state index contributed by atoms with van der Waals surface area (Å²) in [6, 6.07) is 0. The number of carbonyl (C=O) groups excluding carboxylic acids is 2. The van der Waals surface area contributed by atoms with Crippen LogP contribution in [-0.2, 0) is 9.59 Å². The maximum absolute atomic E-state index is 12.0. The molecule has 0 aromatic rings. The Balaban J connectivity index is 2.30. The minimum Gasteiger partial charge on any atom is -0.295 e. The van der Waals surface area contributed by atoms with Gasteiger partial charge in [-0.1, -0.05) is 47.0 Å². The van der Waals surface area contributed by atoms with E-state index in [1.165, 1.54) is 0 Å². The van der Waals surface area contributed by atoms with Crippen molar-refractivity contribution >= 4 is 70.0 Å². The molecule has 0 spiro atoms. The van der Waals surface area contributed by atoms with Crippen molar-refractivity contribution in [2.24, 2.45) is 5.92 Å². The van der Waals surface area contributed by atoms with Gasteiger partial charge in [0, 0.05) is 0 Å². The summed E-state index contributed by atoms with van der Waals surface area (Å²) in [5, 5.41) is 2.32. The summed E-state index contributed by atoms with van der Waals surface area (Å²) in [7, 11) is 0. The Bertz CT molecular complexity index is 423. The first kappa shape index (κ1) is 14.8. The van der Waals surface area contributed by atoms with Crippen LogP contribution in [0.25, 0.3) is 0 Å². The second-order valence-electron chi connectivity index (χ2n) is 4.13. The van der Waals surface area contributed by atoms with Gasteiger partial charge in [-0.15, -0.1) is 23.4 Å². The maximum Gasteiger partial charge on any atom is 0.244 e. The zero-order valence-electron chi connectivity index (χ0n) is 8.96. The minimum atomic E-state index is -1.70. The van der Waals surface area contributed by atoms with Gasteiger partial charge in [0.05, 0.1) is 5.92 Å². The third-order valence-corrected chi connectivity index (χ3v) is 6.59. The molecule has 3 nitrogen and oxygen atoms in total. The first-order valence-corrected chi connectivity index (χ1v) is 7.63. The van der Waals surface area contributed by atoms with E-state index in [1.807, 2.05) is 6.08 Å². The maximum atomic E-state index is 12.0. The van der Waals surface area contributed by atoms with Crippen LogP contribution in [0.15, 0.2) is 12.2 Å². The lowest BCUT2D eigenvalue weighted by Gasteiger charge is -2.34. The summed E-state index contributed by atoms with van der Waals surface area (Å²) in [5.74, 6) is -1.22. The van der Waals surface area contributed by atoms with Gasteiger partial charge in [0.1, 0.15) is 9.46 Å². The fourth-order valence-corrected chi connectivity index (χ4v) is 4.23. The molecule has 0 saturated carbocycles. The number of halogens is 4. The lowest BCUT2D eigenvalue weighted by Crippen LogP contribution is -2.42. The first-order valence-electron chi connectivity index (χ1n) is 5.18. The molecule has 3 unspecified atom stereocenters. The molecular weight excluding hydrogens is 340 g/mol. The highest BCUT2D eigenvalue weighted by atomic mass is 35.6. The van der Waals surface area contributed by atoms with Crippen LogP contribution in [0.3, 0.4) is 0 Å². The number of allylic oxidation sites excluding steroid dienone is 1. The number of hydrogen-bond donors (Lipinski definition) is 1. The van der Waals surface area contributed by atoms with E-state index in [9.17, 15) is 9.59 Å². The van der Waals surface area contributed by atoms with Crippen molar-refractivity contribution in [3.8, 4) is 0 Å². The molecule has 1 saturated heterocycles. The van der Waals surface area contributed by atoms with E-state index in [0.717, 1.165) is 11.8 Å². The average molecular weight is 349 g/mol. The van der Waals surface area contributed by atoms with Crippen molar-refractivity contribution in [1.29, 1.82) is 0 Å². The number of alkyl halides is 4. The molecule has 8 heteroatoms. The highest BCUT2D eigenvalue weighted by molar-refractivity contribution is 8.03. The molecule has 1 aliphatic carbocycles. The highest BCUT2D eigenvalue weighted by Gasteiger charge is 2.57. The summed E-state index contributed by atoms with van der Waals surface area (Å²) in [5.41, 5.74) is 0. The zero-order valence-corrected chi connectivity index (χ0v) is 12.8. The summed E-state index contributed by atoms with van der Waals surface area (Å²) in [4.78, 5) is 23.7. The Kier molecular flexibility index (Phi) is 4.16. The smallest absolute Gasteiger partial charge is 0.244 e. The van der Waals surface area contributed by atoms with Crippen LogP contribution in [-0.4, -0.2) is 25.1 Å². The largest absolute Gasteiger partial charge is 0.295 e. The Hall–Kier alpha value is 0.390. The third-order valence-electron chi connectivity index (χ3n) is 2.99. The molecule has 1 N–H and O–H groups in total. The molecule has 2 aliphatic rings. The molecule has 0 aromatic carbocycles. The molecular formula is C10H9Cl4NO2S. The molecule has 2 amide bonds. The van der Waals surface area contributed by atoms with Crippen molar-refractivity contribution in [3.63, 3.8) is 0 Å². The second-order valence-corrected chi connectivity index (χ2v) is 8.63. The normalized spacial score (nSPS) is 33.2. The molecule has 2 rings (SSSR count). The van der Waals surface area contributed by atoms with Crippen LogP contribution in [0.1, 0.15) is 12.8 Å². The van der Waals surface area contributed by atoms with Gasteiger partial charge in [-0.3, -0.25) is 14.9 Å². The number of nitrogens with one attached hydrogen (secondary N) is 1. The SMILES string of the molecule is O=C1NC(=O)C2(SC(Cl)C(Cl)(Cl)Cl)CCC=CC12. The summed E-state index contributed by atoms with van der Waals surface area (Å²) in [6.45, 7) is 0. The van der Waals surface area contributed by atoms with Crippen molar-refractivity contribution in [3.05, 3.63) is 12.2 Å². The fourth-order valence-electron chi connectivity index (χ4n) is 2.13. The van der Waals surface area contributed by atoms with Crippen LogP contribution in [0, 0.1) is 5.92 Å². The molecule has 100 valence electrons. The number of thioether (sulfide) groups is 1. The molecule has 18 heavy (non-hydrogen) atoms. The molecule has 1 fully saturated rings. The van der Waals surface area contributed by atoms with Crippen molar-refractivity contribution in [2.75, 3.05) is 0 Å². The van der Waals surface area contributed by atoms with Gasteiger partial charge in [-0.05, 0) is 12.8 Å². The molecule has 1 aliphatic heterocycles. The summed E-state index contributed by atoms with van der Waals surface area (Å²) < 4.78 is -3.56. The molecule has 0 bridgehead atoms. The topological polar surface area (TPSA) is 46.2 Å². The quantitative estimate of drug-likeness (QED) is 0.474. The predicted octanol–water partition coefficient (Wildman–Crippen LogP) is 3.02. The van der Waals surface area contributed by atoms with Gasteiger partial charge in [0.25, 0.3) is 0 Å². The Morgan fingerprint density at radius 1 is 1.44 bits per heavy atom. The monoisotopic (exact) mass is 347 g/mol. The second kappa shape index (κ2) is 5.06. The van der Waals surface area contributed by atoms with Gasteiger partial charge >= 0.3 is 0 Å². The van der Waals surface area contributed by atoms with Gasteiger partial charge in [-0.25, -0.2) is 0 Å². The van der Waals surface area contributed by atoms with E-state index in [0.29, 0.717) is 12.8 Å². The standard InChI is InChI=1S/C10H9Cl4NO2S/c11-7(10(12,13)14)18-9-4-2-1-3-5(9)6(16)15-8(9)17/h1,3,5,7H,2,4H2,(H,15,16,17). The lowest BCUT2D eigenvalue weighted by molar-refractivity contribution is -0.125. The summed E-state index contributed by atoms with van der Waals surface area (Å²) in [6.07, 6.45) is 4.78. The summed E-state index contributed by atoms with van der Waals surface area (Å²) >= 11 is 24.2. The number of hydrogen-bond acceptors (Lipinski definition) is 3. The Labute approximate surface area is 129 Å². The number of fused-ring (bicyclic) bond motifs is 1. The van der Waals surface area contributed by atoms with Gasteiger partial charge < -0.3 is 0 Å². The molecule has 1 heterocycles. The average Bonchev–Trinajstić information content (AvgIpc) is 2.50. The zero-order chi connectivity index (χ0) is 13.6. The first-order chi connectivity index (χ1) is 8.27. The van der Waals surface area contributed by atoms with E-state index >= 15 is 0 Å². The van der Waals surface area contributed by atoms with Crippen LogP contribution in [0.2, 0.25) is 0 Å². The number of amides is 2. The lowest BCUT2D eigenvalue weighted by atomic mass is 9.85. The minimum absolute atomic E-state index is 0.323. The van der Waals surface area contributed by atoms with Gasteiger partial charge in [0.15, 0.2) is 0 Å². The van der Waals surface area contributed by atoms with Crippen molar-refractivity contribution in [1.82, 2.24) is 5.32 Å². The fraction of sp³-hybridized carbons (Fsp3) is 0.600. The van der Waals surface area contributed by atoms with E-state index < -0.39 is 19.2 Å². The van der Waals surface area contributed by atoms with Crippen LogP contribution in [0.5, 0.6) is 0 Å². The van der Waals surface area contributed by atoms with Crippen LogP contribution in [0.4, 0.5) is 0 Å². The number of imide groups is 1. The van der Waals surface area contributed by atoms with Gasteiger partial charge in [-0.2, -0.15) is 0 Å². The third kappa shape index (κ3) is 2.50. The van der Waals surface area contributed by atoms with E-state index in [1.54, 1.807) is 6.08 Å². The Morgan fingerprint density at radius 3 is 2.72 bits per heavy atom. The van der Waals surface area contributed by atoms with Gasteiger partial charge in [0.2, 0.25) is 15.6 Å². The van der Waals surface area contributed by atoms with E-state index in [4.69, 9.17) is 46.4 Å². The molecule has 0 radical (unpaired) electrons. The van der Waals surface area contributed by atoms with Crippen LogP contribution >= 0.6 is 58.2 Å². The van der Waals surface area contributed by atoms with E-state index in [2.05, 4.69) is 5.32 Å². The van der Waals surface area contributed by atoms with Crippen molar-refractivity contribution in [2.45, 2.75) is 26.1 Å². The Morgan fingerprint density at radius 2 is 2.11 bits per heavy atom. The van der Waals surface area contributed by atoms with Crippen LogP contribution < -0.4 is 5.32 Å². The van der Waals surface area contributed by atoms with Crippen molar-refractivity contribution < 1.29 is 9.59 Å². The highest BCUT2D eigenvalue weighted by Crippen LogP contribution is 2.52. The molecule has 0 aromatic heterocycles.